The van der Waals surface area contributed by atoms with E-state index in [1.54, 1.807) is 6.07 Å². The molecule has 3 nitrogen and oxygen atoms in total. The number of phenolic OH excluding ortho intramolecular Hbond substituents is 1. The number of carbonyl (C=O) groups is 1. The van der Waals surface area contributed by atoms with Crippen LogP contribution in [-0.2, 0) is 0 Å². The SMILES string of the molecule is COc1cc(C#CCCS)c(C=O)cc1O. The van der Waals surface area contributed by atoms with Crippen molar-refractivity contribution in [3.8, 4) is 23.3 Å². The third kappa shape index (κ3) is 2.94. The minimum absolute atomic E-state index is 0.0654. The number of rotatable bonds is 3. The molecule has 0 atom stereocenters. The van der Waals surface area contributed by atoms with Gasteiger partial charge in [0, 0.05) is 29.4 Å². The number of thiol groups is 1. The van der Waals surface area contributed by atoms with Crippen LogP contribution < -0.4 is 4.74 Å². The van der Waals surface area contributed by atoms with E-state index in [-0.39, 0.29) is 5.75 Å². The van der Waals surface area contributed by atoms with E-state index < -0.39 is 0 Å². The van der Waals surface area contributed by atoms with Crippen molar-refractivity contribution in [2.75, 3.05) is 12.9 Å². The predicted octanol–water partition coefficient (Wildman–Crippen LogP) is 1.88. The molecule has 1 aromatic rings. The number of benzene rings is 1. The Balaban J connectivity index is 3.16. The molecule has 0 aliphatic heterocycles. The van der Waals surface area contributed by atoms with Crippen molar-refractivity contribution in [2.24, 2.45) is 0 Å². The van der Waals surface area contributed by atoms with E-state index in [4.69, 9.17) is 4.74 Å². The number of hydrogen-bond acceptors (Lipinski definition) is 4. The van der Waals surface area contributed by atoms with E-state index in [1.165, 1.54) is 13.2 Å². The molecule has 0 aliphatic carbocycles. The Kier molecular flexibility index (Phi) is 4.74. The standard InChI is InChI=1S/C12H12O3S/c1-15-12-7-9(4-2-3-5-16)10(8-13)6-11(12)14/h6-8,14,16H,3,5H2,1H3. The van der Waals surface area contributed by atoms with Gasteiger partial charge in [-0.2, -0.15) is 12.6 Å². The Morgan fingerprint density at radius 2 is 2.31 bits per heavy atom. The van der Waals surface area contributed by atoms with Gasteiger partial charge >= 0.3 is 0 Å². The van der Waals surface area contributed by atoms with Crippen molar-refractivity contribution in [1.82, 2.24) is 0 Å². The molecule has 1 N–H and O–H groups in total. The molecule has 0 saturated heterocycles. The van der Waals surface area contributed by atoms with Gasteiger partial charge in [0.05, 0.1) is 7.11 Å². The second-order valence-electron chi connectivity index (χ2n) is 3.00. The highest BCUT2D eigenvalue weighted by Gasteiger charge is 2.07. The molecule has 0 unspecified atom stereocenters. The number of aromatic hydroxyl groups is 1. The smallest absolute Gasteiger partial charge is 0.161 e. The summed E-state index contributed by atoms with van der Waals surface area (Å²) in [7, 11) is 1.45. The second-order valence-corrected chi connectivity index (χ2v) is 3.45. The largest absolute Gasteiger partial charge is 0.504 e. The van der Waals surface area contributed by atoms with Crippen molar-refractivity contribution in [1.29, 1.82) is 0 Å². The quantitative estimate of drug-likeness (QED) is 0.478. The molecule has 0 heterocycles. The summed E-state index contributed by atoms with van der Waals surface area (Å²) in [5.74, 6) is 6.63. The van der Waals surface area contributed by atoms with Crippen molar-refractivity contribution in [3.63, 3.8) is 0 Å². The van der Waals surface area contributed by atoms with Crippen LogP contribution >= 0.6 is 12.6 Å². The maximum absolute atomic E-state index is 10.8. The zero-order valence-electron chi connectivity index (χ0n) is 8.86. The minimum Gasteiger partial charge on any atom is -0.504 e. The first-order chi connectivity index (χ1) is 7.72. The zero-order valence-corrected chi connectivity index (χ0v) is 9.75. The Bertz CT molecular complexity index is 444. The van der Waals surface area contributed by atoms with Gasteiger partial charge in [-0.25, -0.2) is 0 Å². The van der Waals surface area contributed by atoms with Crippen LogP contribution in [0.3, 0.4) is 0 Å². The number of hydrogen-bond donors (Lipinski definition) is 2. The molecule has 0 amide bonds. The molecule has 1 aromatic carbocycles. The summed E-state index contributed by atoms with van der Waals surface area (Å²) >= 11 is 4.03. The Morgan fingerprint density at radius 3 is 2.88 bits per heavy atom. The highest BCUT2D eigenvalue weighted by atomic mass is 32.1. The van der Waals surface area contributed by atoms with Crippen LogP contribution in [0.4, 0.5) is 0 Å². The lowest BCUT2D eigenvalue weighted by Crippen LogP contribution is -1.91. The maximum atomic E-state index is 10.8. The van der Waals surface area contributed by atoms with E-state index in [0.717, 1.165) is 0 Å². The molecule has 4 heteroatoms. The van der Waals surface area contributed by atoms with Crippen molar-refractivity contribution in [3.05, 3.63) is 23.3 Å². The number of methoxy groups -OCH3 is 1. The first kappa shape index (κ1) is 12.5. The molecule has 0 saturated carbocycles. The molecule has 16 heavy (non-hydrogen) atoms. The summed E-state index contributed by atoms with van der Waals surface area (Å²) in [5, 5.41) is 9.47. The lowest BCUT2D eigenvalue weighted by atomic mass is 10.1. The number of carbonyl (C=O) groups excluding carboxylic acids is 1. The van der Waals surface area contributed by atoms with Crippen LogP contribution in [-0.4, -0.2) is 24.3 Å². The summed E-state index contributed by atoms with van der Waals surface area (Å²) in [6.45, 7) is 0. The van der Waals surface area contributed by atoms with Gasteiger partial charge in [-0.05, 0) is 6.07 Å². The zero-order chi connectivity index (χ0) is 12.0. The van der Waals surface area contributed by atoms with E-state index in [0.29, 0.717) is 35.3 Å². The van der Waals surface area contributed by atoms with Gasteiger partial charge in [0.25, 0.3) is 0 Å². The van der Waals surface area contributed by atoms with Gasteiger partial charge in [-0.15, -0.1) is 0 Å². The van der Waals surface area contributed by atoms with Gasteiger partial charge in [0.15, 0.2) is 17.8 Å². The molecule has 0 fully saturated rings. The van der Waals surface area contributed by atoms with Crippen LogP contribution in [0.5, 0.6) is 11.5 Å². The Morgan fingerprint density at radius 1 is 1.56 bits per heavy atom. The fraction of sp³-hybridized carbons (Fsp3) is 0.250. The maximum Gasteiger partial charge on any atom is 0.161 e. The van der Waals surface area contributed by atoms with Crippen LogP contribution in [0.2, 0.25) is 0 Å². The Labute approximate surface area is 99.8 Å². The average molecular weight is 236 g/mol. The van der Waals surface area contributed by atoms with Gasteiger partial charge in [0.1, 0.15) is 0 Å². The summed E-state index contributed by atoms with van der Waals surface area (Å²) in [5.41, 5.74) is 0.899. The monoisotopic (exact) mass is 236 g/mol. The van der Waals surface area contributed by atoms with E-state index in [1.807, 2.05) is 0 Å². The summed E-state index contributed by atoms with van der Waals surface area (Å²) in [4.78, 5) is 10.8. The average Bonchev–Trinajstić information content (AvgIpc) is 2.30. The molecule has 0 bridgehead atoms. The van der Waals surface area contributed by atoms with Crippen molar-refractivity contribution in [2.45, 2.75) is 6.42 Å². The molecule has 0 spiro atoms. The lowest BCUT2D eigenvalue weighted by Gasteiger charge is -2.05. The molecular weight excluding hydrogens is 224 g/mol. The summed E-state index contributed by atoms with van der Waals surface area (Å²) in [6.07, 6.45) is 1.30. The number of ether oxygens (including phenoxy) is 1. The predicted molar refractivity (Wildman–Crippen MR) is 65.4 cm³/mol. The second kappa shape index (κ2) is 6.09. The van der Waals surface area contributed by atoms with Crippen molar-refractivity contribution >= 4 is 18.9 Å². The first-order valence-corrected chi connectivity index (χ1v) is 5.32. The third-order valence-corrected chi connectivity index (χ3v) is 2.16. The highest BCUT2D eigenvalue weighted by molar-refractivity contribution is 7.80. The highest BCUT2D eigenvalue weighted by Crippen LogP contribution is 2.28. The van der Waals surface area contributed by atoms with Crippen LogP contribution in [0.15, 0.2) is 12.1 Å². The molecule has 1 rings (SSSR count). The fourth-order valence-electron chi connectivity index (χ4n) is 1.17. The minimum atomic E-state index is -0.0654. The van der Waals surface area contributed by atoms with Gasteiger partial charge in [-0.1, -0.05) is 11.8 Å². The molecule has 84 valence electrons. The van der Waals surface area contributed by atoms with E-state index >= 15 is 0 Å². The lowest BCUT2D eigenvalue weighted by molar-refractivity contribution is 0.112. The van der Waals surface area contributed by atoms with E-state index in [9.17, 15) is 9.90 Å². The van der Waals surface area contributed by atoms with Gasteiger partial charge in [-0.3, -0.25) is 4.79 Å². The fourth-order valence-corrected chi connectivity index (χ4v) is 1.28. The normalized spacial score (nSPS) is 9.12. The van der Waals surface area contributed by atoms with Crippen LogP contribution in [0.1, 0.15) is 22.3 Å². The molecular formula is C12H12O3S. The third-order valence-electron chi connectivity index (χ3n) is 1.94. The number of aldehydes is 1. The molecule has 0 aliphatic rings. The van der Waals surface area contributed by atoms with Crippen molar-refractivity contribution < 1.29 is 14.6 Å². The summed E-state index contributed by atoms with van der Waals surface area (Å²) in [6, 6.07) is 2.89. The Hall–Kier alpha value is -1.60. The number of phenols is 1. The molecule has 0 radical (unpaired) electrons. The van der Waals surface area contributed by atoms with Gasteiger partial charge in [0.2, 0.25) is 0 Å². The van der Waals surface area contributed by atoms with Crippen LogP contribution in [0.25, 0.3) is 0 Å². The van der Waals surface area contributed by atoms with Crippen LogP contribution in [0, 0.1) is 11.8 Å². The molecule has 0 aromatic heterocycles. The van der Waals surface area contributed by atoms with Gasteiger partial charge < -0.3 is 9.84 Å². The topological polar surface area (TPSA) is 46.5 Å². The van der Waals surface area contributed by atoms with E-state index in [2.05, 4.69) is 24.5 Å². The first-order valence-electron chi connectivity index (χ1n) is 4.68. The summed E-state index contributed by atoms with van der Waals surface area (Å²) < 4.78 is 4.94.